The fourth-order valence-electron chi connectivity index (χ4n) is 8.65. The zero-order chi connectivity index (χ0) is 33.5. The van der Waals surface area contributed by atoms with Gasteiger partial charge in [-0.15, -0.1) is 0 Å². The standard InChI is InChI=1S/C48H31N3/c1-2-12-30(13-3-1)31-22-24-33(25-23-31)46-48(50-42-20-10-9-19-41(42)49-46)51-43-21-11-8-18-39(43)45-37-17-7-6-16-36(37)44-38-27-26-32-14-4-5-15-34(32)35(38)28-29-40(44)47(45)51/h1-27H,28-29H2. The SMILES string of the molecule is c1ccc(-c2ccc(-c3nc4ccccc4nc3-n3c4ccccc4c4c5ccccc5c5c(c43)CCc3c-5ccc4ccccc34)cc2)cc1. The first-order chi connectivity index (χ1) is 25.3. The van der Waals surface area contributed by atoms with Crippen molar-refractivity contribution in [1.82, 2.24) is 14.5 Å². The maximum absolute atomic E-state index is 5.49. The number of rotatable bonds is 3. The van der Waals surface area contributed by atoms with E-state index in [-0.39, 0.29) is 0 Å². The second-order valence-electron chi connectivity index (χ2n) is 13.6. The van der Waals surface area contributed by atoms with Crippen molar-refractivity contribution in [3.8, 4) is 39.3 Å². The van der Waals surface area contributed by atoms with Gasteiger partial charge < -0.3 is 0 Å². The van der Waals surface area contributed by atoms with Gasteiger partial charge in [0, 0.05) is 16.3 Å². The minimum Gasteiger partial charge on any atom is -0.292 e. The molecule has 11 rings (SSSR count). The van der Waals surface area contributed by atoms with Crippen molar-refractivity contribution in [3.63, 3.8) is 0 Å². The van der Waals surface area contributed by atoms with Gasteiger partial charge in [-0.05, 0) is 86.0 Å². The second kappa shape index (κ2) is 11.0. The number of benzene rings is 8. The molecule has 0 N–H and O–H groups in total. The molecule has 3 nitrogen and oxygen atoms in total. The zero-order valence-corrected chi connectivity index (χ0v) is 27.8. The van der Waals surface area contributed by atoms with E-state index in [1.165, 1.54) is 71.2 Å². The molecule has 0 atom stereocenters. The van der Waals surface area contributed by atoms with Crippen LogP contribution in [0.4, 0.5) is 0 Å². The zero-order valence-electron chi connectivity index (χ0n) is 27.8. The number of hydrogen-bond acceptors (Lipinski definition) is 2. The summed E-state index contributed by atoms with van der Waals surface area (Å²) < 4.78 is 2.43. The van der Waals surface area contributed by atoms with Crippen LogP contribution in [-0.2, 0) is 12.8 Å². The lowest BCUT2D eigenvalue weighted by atomic mass is 9.79. The minimum absolute atomic E-state index is 0.856. The smallest absolute Gasteiger partial charge is 0.165 e. The molecule has 0 unspecified atom stereocenters. The summed E-state index contributed by atoms with van der Waals surface area (Å²) in [5.41, 5.74) is 13.9. The summed E-state index contributed by atoms with van der Waals surface area (Å²) in [5.74, 6) is 0.856. The Morgan fingerprint density at radius 2 is 1.04 bits per heavy atom. The Bertz CT molecular complexity index is 3010. The third kappa shape index (κ3) is 4.18. The summed E-state index contributed by atoms with van der Waals surface area (Å²) in [6.07, 6.45) is 1.92. The number of nitrogens with zero attached hydrogens (tertiary/aromatic N) is 3. The van der Waals surface area contributed by atoms with Crippen molar-refractivity contribution in [3.05, 3.63) is 175 Å². The molecule has 0 radical (unpaired) electrons. The predicted octanol–water partition coefficient (Wildman–Crippen LogP) is 12.1. The van der Waals surface area contributed by atoms with Gasteiger partial charge in [-0.25, -0.2) is 9.97 Å². The molecule has 0 amide bonds. The fraction of sp³-hybridized carbons (Fsp3) is 0.0417. The molecule has 2 heterocycles. The first kappa shape index (κ1) is 28.3. The summed E-state index contributed by atoms with van der Waals surface area (Å²) in [6, 6.07) is 58.9. The number of para-hydroxylation sites is 3. The summed E-state index contributed by atoms with van der Waals surface area (Å²) in [7, 11) is 0. The highest BCUT2D eigenvalue weighted by molar-refractivity contribution is 6.26. The Hall–Kier alpha value is -6.58. The molecule has 1 aliphatic rings. The Morgan fingerprint density at radius 3 is 1.86 bits per heavy atom. The quantitative estimate of drug-likeness (QED) is 0.191. The van der Waals surface area contributed by atoms with Crippen LogP contribution in [0.1, 0.15) is 11.1 Å². The molecule has 10 aromatic rings. The molecule has 0 bridgehead atoms. The maximum atomic E-state index is 5.49. The van der Waals surface area contributed by atoms with E-state index in [1.807, 2.05) is 6.07 Å². The molecule has 0 fully saturated rings. The maximum Gasteiger partial charge on any atom is 0.165 e. The number of hydrogen-bond donors (Lipinski definition) is 0. The molecule has 2 aromatic heterocycles. The first-order valence-electron chi connectivity index (χ1n) is 17.7. The van der Waals surface area contributed by atoms with Crippen molar-refractivity contribution < 1.29 is 0 Å². The molecule has 0 spiro atoms. The molecular weight excluding hydrogens is 619 g/mol. The van der Waals surface area contributed by atoms with Gasteiger partial charge >= 0.3 is 0 Å². The third-order valence-corrected chi connectivity index (χ3v) is 10.9. The predicted molar refractivity (Wildman–Crippen MR) is 213 cm³/mol. The van der Waals surface area contributed by atoms with Crippen LogP contribution in [0.2, 0.25) is 0 Å². The van der Waals surface area contributed by atoms with Gasteiger partial charge in [0.05, 0.1) is 22.1 Å². The van der Waals surface area contributed by atoms with Crippen molar-refractivity contribution in [2.75, 3.05) is 0 Å². The molecule has 0 aliphatic heterocycles. The topological polar surface area (TPSA) is 30.7 Å². The van der Waals surface area contributed by atoms with Crippen LogP contribution in [0, 0.1) is 0 Å². The van der Waals surface area contributed by atoms with Crippen LogP contribution in [0.15, 0.2) is 164 Å². The van der Waals surface area contributed by atoms with Crippen LogP contribution >= 0.6 is 0 Å². The monoisotopic (exact) mass is 649 g/mol. The van der Waals surface area contributed by atoms with Crippen molar-refractivity contribution in [2.45, 2.75) is 12.8 Å². The number of aryl methyl sites for hydroxylation is 2. The summed E-state index contributed by atoms with van der Waals surface area (Å²) >= 11 is 0. The molecule has 0 saturated carbocycles. The average Bonchev–Trinajstić information content (AvgIpc) is 3.56. The van der Waals surface area contributed by atoms with E-state index in [2.05, 4.69) is 162 Å². The van der Waals surface area contributed by atoms with E-state index in [1.54, 1.807) is 0 Å². The largest absolute Gasteiger partial charge is 0.292 e. The Labute approximate surface area is 295 Å². The Morgan fingerprint density at radius 1 is 0.431 bits per heavy atom. The van der Waals surface area contributed by atoms with E-state index < -0.39 is 0 Å². The normalized spacial score (nSPS) is 12.5. The van der Waals surface area contributed by atoms with Gasteiger partial charge in [0.1, 0.15) is 5.69 Å². The lowest BCUT2D eigenvalue weighted by Gasteiger charge is -2.26. The summed E-state index contributed by atoms with van der Waals surface area (Å²) in [4.78, 5) is 10.9. The summed E-state index contributed by atoms with van der Waals surface area (Å²) in [5, 5.41) is 7.74. The molecule has 0 saturated heterocycles. The lowest BCUT2D eigenvalue weighted by molar-refractivity contribution is 0.950. The van der Waals surface area contributed by atoms with Crippen LogP contribution in [0.25, 0.3) is 93.7 Å². The van der Waals surface area contributed by atoms with Gasteiger partial charge in [0.2, 0.25) is 0 Å². The Balaban J connectivity index is 1.27. The van der Waals surface area contributed by atoms with Crippen LogP contribution in [0.3, 0.4) is 0 Å². The molecule has 51 heavy (non-hydrogen) atoms. The van der Waals surface area contributed by atoms with Gasteiger partial charge in [-0.1, -0.05) is 146 Å². The molecule has 3 heteroatoms. The van der Waals surface area contributed by atoms with Gasteiger partial charge in [-0.2, -0.15) is 0 Å². The number of fused-ring (bicyclic) bond motifs is 13. The highest BCUT2D eigenvalue weighted by Crippen LogP contribution is 2.49. The van der Waals surface area contributed by atoms with Crippen molar-refractivity contribution in [1.29, 1.82) is 0 Å². The molecular formula is C48H31N3. The highest BCUT2D eigenvalue weighted by atomic mass is 15.1. The van der Waals surface area contributed by atoms with Crippen molar-refractivity contribution in [2.24, 2.45) is 0 Å². The fourth-order valence-corrected chi connectivity index (χ4v) is 8.65. The molecule has 1 aliphatic carbocycles. The van der Waals surface area contributed by atoms with Crippen LogP contribution in [0.5, 0.6) is 0 Å². The Kier molecular flexibility index (Phi) is 6.08. The van der Waals surface area contributed by atoms with Gasteiger partial charge in [-0.3, -0.25) is 4.57 Å². The highest BCUT2D eigenvalue weighted by Gasteiger charge is 2.29. The van der Waals surface area contributed by atoms with Crippen molar-refractivity contribution >= 4 is 54.4 Å². The van der Waals surface area contributed by atoms with Gasteiger partial charge in [0.15, 0.2) is 5.82 Å². The number of aromatic nitrogens is 3. The van der Waals surface area contributed by atoms with Gasteiger partial charge in [0.25, 0.3) is 0 Å². The van der Waals surface area contributed by atoms with Crippen LogP contribution in [-0.4, -0.2) is 14.5 Å². The van der Waals surface area contributed by atoms with E-state index in [9.17, 15) is 0 Å². The molecule has 238 valence electrons. The lowest BCUT2D eigenvalue weighted by Crippen LogP contribution is -2.10. The summed E-state index contributed by atoms with van der Waals surface area (Å²) in [6.45, 7) is 0. The van der Waals surface area contributed by atoms with E-state index in [4.69, 9.17) is 9.97 Å². The van der Waals surface area contributed by atoms with E-state index in [0.717, 1.165) is 46.5 Å². The second-order valence-corrected chi connectivity index (χ2v) is 13.6. The third-order valence-electron chi connectivity index (χ3n) is 10.9. The average molecular weight is 650 g/mol. The van der Waals surface area contributed by atoms with Crippen LogP contribution < -0.4 is 0 Å². The van der Waals surface area contributed by atoms with E-state index in [0.29, 0.717) is 0 Å². The minimum atomic E-state index is 0.856. The van der Waals surface area contributed by atoms with E-state index >= 15 is 0 Å². The first-order valence-corrected chi connectivity index (χ1v) is 17.7. The molecule has 8 aromatic carbocycles.